The van der Waals surface area contributed by atoms with Gasteiger partial charge in [0, 0.05) is 10.4 Å². The molecule has 0 heterocycles. The van der Waals surface area contributed by atoms with Crippen LogP contribution in [0.1, 0.15) is 0 Å². The molecular weight excluding hydrogens is 254 g/mol. The average Bonchev–Trinajstić information content (AvgIpc) is 0.722. The Morgan fingerprint density at radius 3 is 1.12 bits per heavy atom. The third kappa shape index (κ3) is 199. The molecule has 8 heavy (non-hydrogen) atoms. The first-order valence-electron chi connectivity index (χ1n) is 0.667. The van der Waals surface area contributed by atoms with Gasteiger partial charge < -0.3 is 21.5 Å². The van der Waals surface area contributed by atoms with Gasteiger partial charge in [-0.15, -0.1) is 0 Å². The van der Waals surface area contributed by atoms with Crippen LogP contribution in [0, 0.1) is 0 Å². The Bertz CT molecular complexity index is 99.2. The van der Waals surface area contributed by atoms with E-state index in [0.717, 1.165) is 0 Å². The predicted molar refractivity (Wildman–Crippen MR) is 10.5 cm³/mol. The summed E-state index contributed by atoms with van der Waals surface area (Å²) in [5.41, 5.74) is 0. The summed E-state index contributed by atoms with van der Waals surface area (Å²) in [6.45, 7) is 0. The van der Waals surface area contributed by atoms with Crippen LogP contribution in [0.4, 0.5) is 0 Å². The van der Waals surface area contributed by atoms with Gasteiger partial charge in [0.1, 0.15) is 0 Å². The maximum Gasteiger partial charge on any atom is 2.00 e. The molecule has 0 atom stereocenters. The first kappa shape index (κ1) is 22.9. The normalized spacial score (nSPS) is 7.25. The largest absolute Gasteiger partial charge is 2.00 e. The molecule has 0 bridgehead atoms. The fraction of sp³-hybridized carbons (Fsp3) is 0. The van der Waals surface area contributed by atoms with Crippen molar-refractivity contribution in [2.75, 3.05) is 0 Å². The number of halogens is 1. The molecule has 8 heteroatoms. The molecule has 0 aliphatic rings. The predicted octanol–water partition coefficient (Wildman–Crippen LogP) is -4.34. The quantitative estimate of drug-likeness (QED) is 0.248. The van der Waals surface area contributed by atoms with Crippen molar-refractivity contribution in [1.29, 1.82) is 0 Å². The Morgan fingerprint density at radius 1 is 1.12 bits per heavy atom. The topological polar surface area (TPSA) is 80.3 Å². The van der Waals surface area contributed by atoms with Crippen molar-refractivity contribution in [3.8, 4) is 0 Å². The number of hydrogen-bond donors (Lipinski definition) is 0. The zero-order valence-corrected chi connectivity index (χ0v) is 6.54. The Kier molecular flexibility index (Phi) is 23.4. The van der Waals surface area contributed by atoms with E-state index < -0.39 is 10.4 Å². The number of hydrogen-bond acceptors (Lipinski definition) is 4. The maximum absolute atomic E-state index is 8.52. The van der Waals surface area contributed by atoms with Crippen molar-refractivity contribution in [2.45, 2.75) is 0 Å². The Morgan fingerprint density at radius 2 is 1.12 bits per heavy atom. The van der Waals surface area contributed by atoms with Crippen LogP contribution in [0.3, 0.4) is 0 Å². The molecule has 0 aliphatic carbocycles. The molecule has 0 N–H and O–H groups in total. The van der Waals surface area contributed by atoms with E-state index in [9.17, 15) is 0 Å². The molecule has 0 rings (SSSR count). The van der Waals surface area contributed by atoms with Crippen molar-refractivity contribution < 1.29 is 63.5 Å². The van der Waals surface area contributed by atoms with Gasteiger partial charge in [-0.3, -0.25) is 8.42 Å². The van der Waals surface area contributed by atoms with Gasteiger partial charge in [0.2, 0.25) is 0 Å². The molecule has 4 nitrogen and oxygen atoms in total. The minimum absolute atomic E-state index is 0. The molecule has 0 spiro atoms. The van der Waals surface area contributed by atoms with Crippen molar-refractivity contribution in [1.82, 2.24) is 0 Å². The SMILES string of the molecule is O=S(=O)([O-])[O-].[Cl-].[Cu+].[Ni+2]. The van der Waals surface area contributed by atoms with E-state index in [1.54, 1.807) is 0 Å². The molecular formula is ClCuNiO4S. The van der Waals surface area contributed by atoms with Gasteiger partial charge >= 0.3 is 33.6 Å². The molecule has 0 fully saturated rings. The molecule has 0 amide bonds. The summed E-state index contributed by atoms with van der Waals surface area (Å²) in [7, 11) is -5.17. The zero-order valence-electron chi connectivity index (χ0n) is 3.04. The van der Waals surface area contributed by atoms with Gasteiger partial charge in [0.25, 0.3) is 0 Å². The molecule has 0 radical (unpaired) electrons. The second-order valence-corrected chi connectivity index (χ2v) is 1.22. The van der Waals surface area contributed by atoms with E-state index >= 15 is 0 Å². The zero-order chi connectivity index (χ0) is 4.50. The minimum Gasteiger partial charge on any atom is -1.00 e. The van der Waals surface area contributed by atoms with Gasteiger partial charge in [-0.2, -0.15) is 0 Å². The van der Waals surface area contributed by atoms with Crippen molar-refractivity contribution >= 4 is 10.4 Å². The van der Waals surface area contributed by atoms with Gasteiger partial charge in [0.05, 0.1) is 0 Å². The van der Waals surface area contributed by atoms with Gasteiger partial charge in [0.15, 0.2) is 0 Å². The van der Waals surface area contributed by atoms with Crippen LogP contribution < -0.4 is 12.4 Å². The fourth-order valence-electron chi connectivity index (χ4n) is 0. The van der Waals surface area contributed by atoms with Crippen LogP contribution in [-0.4, -0.2) is 17.5 Å². The van der Waals surface area contributed by atoms with Crippen LogP contribution >= 0.6 is 0 Å². The van der Waals surface area contributed by atoms with E-state index in [1.165, 1.54) is 0 Å². The summed E-state index contributed by atoms with van der Waals surface area (Å²) in [5, 5.41) is 0. The summed E-state index contributed by atoms with van der Waals surface area (Å²) in [6, 6.07) is 0. The standard InChI is InChI=1S/ClH.Cu.Ni.H2O4S/c;;;1-5(2,3)4/h1H;;;(H2,1,2,3,4)/q;+1;+2;/p-3. The Labute approximate surface area is 73.8 Å². The monoisotopic (exact) mass is 252 g/mol. The second-order valence-electron chi connectivity index (χ2n) is 0.408. The summed E-state index contributed by atoms with van der Waals surface area (Å²) in [4.78, 5) is 0. The summed E-state index contributed by atoms with van der Waals surface area (Å²) < 4.78 is 34.1. The van der Waals surface area contributed by atoms with Gasteiger partial charge in [-0.25, -0.2) is 0 Å². The molecule has 0 aromatic rings. The van der Waals surface area contributed by atoms with Crippen molar-refractivity contribution in [2.24, 2.45) is 0 Å². The molecule has 0 aromatic heterocycles. The van der Waals surface area contributed by atoms with E-state index in [1.807, 2.05) is 0 Å². The van der Waals surface area contributed by atoms with Crippen LogP contribution in [0.25, 0.3) is 0 Å². The van der Waals surface area contributed by atoms with E-state index in [2.05, 4.69) is 0 Å². The molecule has 0 unspecified atom stereocenters. The summed E-state index contributed by atoms with van der Waals surface area (Å²) in [5.74, 6) is 0. The smallest absolute Gasteiger partial charge is 1.00 e. The molecule has 0 aromatic carbocycles. The van der Waals surface area contributed by atoms with E-state index in [-0.39, 0.29) is 46.0 Å². The average molecular weight is 254 g/mol. The first-order valence-corrected chi connectivity index (χ1v) is 2.00. The van der Waals surface area contributed by atoms with Crippen LogP contribution in [0.15, 0.2) is 0 Å². The van der Waals surface area contributed by atoms with Crippen LogP contribution in [0.2, 0.25) is 0 Å². The van der Waals surface area contributed by atoms with E-state index in [4.69, 9.17) is 17.5 Å². The molecule has 0 aliphatic heterocycles. The molecule has 0 saturated carbocycles. The fourth-order valence-corrected chi connectivity index (χ4v) is 0. The number of rotatable bonds is 0. The molecule has 0 saturated heterocycles. The van der Waals surface area contributed by atoms with Crippen molar-refractivity contribution in [3.63, 3.8) is 0 Å². The van der Waals surface area contributed by atoms with Crippen LogP contribution in [0.5, 0.6) is 0 Å². The second kappa shape index (κ2) is 8.17. The van der Waals surface area contributed by atoms with Crippen molar-refractivity contribution in [3.05, 3.63) is 0 Å². The van der Waals surface area contributed by atoms with Gasteiger partial charge in [-0.1, -0.05) is 0 Å². The molecule has 58 valence electrons. The Hall–Kier alpha value is 1.17. The summed E-state index contributed by atoms with van der Waals surface area (Å²) in [6.07, 6.45) is 0. The van der Waals surface area contributed by atoms with Gasteiger partial charge in [-0.05, 0) is 0 Å². The maximum atomic E-state index is 8.52. The summed E-state index contributed by atoms with van der Waals surface area (Å²) >= 11 is 0. The Balaban J connectivity index is -0.0000000267. The first-order chi connectivity index (χ1) is 2.00. The third-order valence-electron chi connectivity index (χ3n) is 0. The third-order valence-corrected chi connectivity index (χ3v) is 0. The van der Waals surface area contributed by atoms with Crippen LogP contribution in [-0.2, 0) is 44.0 Å². The minimum atomic E-state index is -5.17. The van der Waals surface area contributed by atoms with E-state index in [0.29, 0.717) is 0 Å².